The third-order valence-corrected chi connectivity index (χ3v) is 5.82. The summed E-state index contributed by atoms with van der Waals surface area (Å²) in [5, 5.41) is 26.4. The van der Waals surface area contributed by atoms with E-state index in [1.807, 2.05) is 42.5 Å². The minimum Gasteiger partial charge on any atom is -0.507 e. The van der Waals surface area contributed by atoms with Gasteiger partial charge in [0.1, 0.15) is 11.5 Å². The molecule has 4 aromatic carbocycles. The molecule has 0 unspecified atom stereocenters. The molecule has 152 valence electrons. The molecule has 0 bridgehead atoms. The van der Waals surface area contributed by atoms with Gasteiger partial charge in [0.2, 0.25) is 0 Å². The van der Waals surface area contributed by atoms with Gasteiger partial charge in [-0.3, -0.25) is 0 Å². The fourth-order valence-electron chi connectivity index (χ4n) is 4.17. The van der Waals surface area contributed by atoms with E-state index in [4.69, 9.17) is 0 Å². The molecule has 1 aliphatic rings. The van der Waals surface area contributed by atoms with Crippen molar-refractivity contribution in [2.75, 3.05) is 11.9 Å². The molecule has 5 rings (SSSR count). The topological polar surface area (TPSA) is 52.5 Å². The van der Waals surface area contributed by atoms with Crippen molar-refractivity contribution >= 4 is 16.5 Å². The zero-order valence-corrected chi connectivity index (χ0v) is 17.2. The molecule has 0 atom stereocenters. The standard InChI is InChI=1S/C28H23NO2/c30-27-18-22-11-9-20(8-4-7-19-5-2-1-3-6-19)16-24(22)28(31)25(27)17-21-10-12-26-23(15-21)13-14-29-26/h1-3,5-6,9-12,15-16,18,29-31H,7,13-14,17H2. The lowest BCUT2D eigenvalue weighted by atomic mass is 9.96. The minimum absolute atomic E-state index is 0.117. The Labute approximate surface area is 182 Å². The van der Waals surface area contributed by atoms with Gasteiger partial charge in [0.15, 0.2) is 0 Å². The highest BCUT2D eigenvalue weighted by Crippen LogP contribution is 2.38. The first kappa shape index (κ1) is 19.1. The lowest BCUT2D eigenvalue weighted by Crippen LogP contribution is -1.93. The summed E-state index contributed by atoms with van der Waals surface area (Å²) in [4.78, 5) is 0. The van der Waals surface area contributed by atoms with Crippen LogP contribution in [-0.2, 0) is 19.3 Å². The molecule has 31 heavy (non-hydrogen) atoms. The van der Waals surface area contributed by atoms with E-state index in [0.717, 1.165) is 29.5 Å². The molecule has 3 heteroatoms. The second-order valence-electron chi connectivity index (χ2n) is 7.97. The van der Waals surface area contributed by atoms with Gasteiger partial charge in [0, 0.05) is 41.6 Å². The molecule has 1 heterocycles. The fraction of sp³-hybridized carbons (Fsp3) is 0.143. The van der Waals surface area contributed by atoms with E-state index in [1.165, 1.54) is 16.8 Å². The number of hydrogen-bond donors (Lipinski definition) is 3. The lowest BCUT2D eigenvalue weighted by Gasteiger charge is -2.12. The van der Waals surface area contributed by atoms with Crippen LogP contribution in [0.15, 0.2) is 72.8 Å². The second kappa shape index (κ2) is 8.08. The fourth-order valence-corrected chi connectivity index (χ4v) is 4.17. The Bertz CT molecular complexity index is 1330. The highest BCUT2D eigenvalue weighted by atomic mass is 16.3. The number of nitrogens with one attached hydrogen (secondary N) is 1. The maximum absolute atomic E-state index is 11.0. The normalized spacial score (nSPS) is 12.1. The largest absolute Gasteiger partial charge is 0.507 e. The van der Waals surface area contributed by atoms with Crippen LogP contribution in [0, 0.1) is 11.8 Å². The van der Waals surface area contributed by atoms with Gasteiger partial charge < -0.3 is 15.5 Å². The van der Waals surface area contributed by atoms with E-state index >= 15 is 0 Å². The number of benzene rings is 4. The summed E-state index contributed by atoms with van der Waals surface area (Å²) in [6.45, 7) is 0.958. The van der Waals surface area contributed by atoms with Gasteiger partial charge >= 0.3 is 0 Å². The Balaban J connectivity index is 1.46. The monoisotopic (exact) mass is 405 g/mol. The van der Waals surface area contributed by atoms with E-state index < -0.39 is 0 Å². The molecular formula is C28H23NO2. The zero-order valence-electron chi connectivity index (χ0n) is 17.2. The number of phenolic OH excluding ortho intramolecular Hbond substituents is 2. The van der Waals surface area contributed by atoms with Crippen molar-refractivity contribution in [3.05, 3.63) is 101 Å². The van der Waals surface area contributed by atoms with Crippen LogP contribution in [0.3, 0.4) is 0 Å². The predicted molar refractivity (Wildman–Crippen MR) is 126 cm³/mol. The number of phenols is 2. The predicted octanol–water partition coefficient (Wildman–Crippen LogP) is 5.40. The SMILES string of the molecule is Oc1cc2ccc(C#CCc3ccccc3)cc2c(O)c1Cc1ccc2c(c1)CCN2. The van der Waals surface area contributed by atoms with Gasteiger partial charge in [-0.15, -0.1) is 0 Å². The van der Waals surface area contributed by atoms with Crippen molar-refractivity contribution in [3.63, 3.8) is 0 Å². The van der Waals surface area contributed by atoms with Crippen molar-refractivity contribution in [1.29, 1.82) is 0 Å². The number of hydrogen-bond acceptors (Lipinski definition) is 3. The highest BCUT2D eigenvalue weighted by molar-refractivity contribution is 5.92. The van der Waals surface area contributed by atoms with Crippen molar-refractivity contribution in [2.24, 2.45) is 0 Å². The maximum Gasteiger partial charge on any atom is 0.130 e. The van der Waals surface area contributed by atoms with E-state index in [9.17, 15) is 10.2 Å². The van der Waals surface area contributed by atoms with Crippen LogP contribution in [0.2, 0.25) is 0 Å². The van der Waals surface area contributed by atoms with Gasteiger partial charge in [-0.25, -0.2) is 0 Å². The van der Waals surface area contributed by atoms with E-state index in [-0.39, 0.29) is 11.5 Å². The van der Waals surface area contributed by atoms with Gasteiger partial charge in [-0.2, -0.15) is 0 Å². The Morgan fingerprint density at radius 1 is 0.871 bits per heavy atom. The average molecular weight is 405 g/mol. The van der Waals surface area contributed by atoms with Crippen LogP contribution in [0.5, 0.6) is 11.5 Å². The minimum atomic E-state index is 0.117. The highest BCUT2D eigenvalue weighted by Gasteiger charge is 2.15. The molecule has 0 aliphatic carbocycles. The Kier molecular flexibility index (Phi) is 4.98. The summed E-state index contributed by atoms with van der Waals surface area (Å²) in [5.41, 5.74) is 6.11. The molecule has 0 radical (unpaired) electrons. The number of anilines is 1. The lowest BCUT2D eigenvalue weighted by molar-refractivity contribution is 0.445. The zero-order chi connectivity index (χ0) is 21.2. The summed E-state index contributed by atoms with van der Waals surface area (Å²) in [6.07, 6.45) is 2.16. The summed E-state index contributed by atoms with van der Waals surface area (Å²) in [7, 11) is 0. The molecule has 3 N–H and O–H groups in total. The van der Waals surface area contributed by atoms with Gasteiger partial charge in [-0.1, -0.05) is 60.4 Å². The molecule has 0 spiro atoms. The Morgan fingerprint density at radius 2 is 1.74 bits per heavy atom. The molecule has 0 amide bonds. The smallest absolute Gasteiger partial charge is 0.130 e. The first-order valence-corrected chi connectivity index (χ1v) is 10.5. The summed E-state index contributed by atoms with van der Waals surface area (Å²) >= 11 is 0. The first-order chi connectivity index (χ1) is 15.2. The molecule has 0 saturated carbocycles. The van der Waals surface area contributed by atoms with Gasteiger partial charge in [0.05, 0.1) is 0 Å². The molecule has 3 nitrogen and oxygen atoms in total. The maximum atomic E-state index is 11.0. The second-order valence-corrected chi connectivity index (χ2v) is 7.97. The summed E-state index contributed by atoms with van der Waals surface area (Å²) < 4.78 is 0. The molecule has 4 aromatic rings. The van der Waals surface area contributed by atoms with Crippen molar-refractivity contribution < 1.29 is 10.2 Å². The van der Waals surface area contributed by atoms with Crippen LogP contribution in [0.4, 0.5) is 5.69 Å². The quantitative estimate of drug-likeness (QED) is 0.400. The van der Waals surface area contributed by atoms with Gasteiger partial charge in [0.25, 0.3) is 0 Å². The average Bonchev–Trinajstić information content (AvgIpc) is 3.26. The van der Waals surface area contributed by atoms with Crippen LogP contribution in [-0.4, -0.2) is 16.8 Å². The molecule has 0 fully saturated rings. The third kappa shape index (κ3) is 3.93. The van der Waals surface area contributed by atoms with Crippen molar-refractivity contribution in [1.82, 2.24) is 0 Å². The number of rotatable bonds is 3. The first-order valence-electron chi connectivity index (χ1n) is 10.5. The van der Waals surface area contributed by atoms with E-state index in [2.05, 4.69) is 41.4 Å². The Hall–Kier alpha value is -3.90. The molecule has 0 aromatic heterocycles. The molecular weight excluding hydrogens is 382 g/mol. The van der Waals surface area contributed by atoms with Crippen LogP contribution < -0.4 is 5.32 Å². The van der Waals surface area contributed by atoms with E-state index in [1.54, 1.807) is 6.07 Å². The van der Waals surface area contributed by atoms with Crippen molar-refractivity contribution in [3.8, 4) is 23.3 Å². The van der Waals surface area contributed by atoms with Crippen molar-refractivity contribution in [2.45, 2.75) is 19.3 Å². The van der Waals surface area contributed by atoms with Crippen LogP contribution >= 0.6 is 0 Å². The number of fused-ring (bicyclic) bond motifs is 2. The van der Waals surface area contributed by atoms with E-state index in [0.29, 0.717) is 23.8 Å². The molecule has 1 aliphatic heterocycles. The summed E-state index contributed by atoms with van der Waals surface area (Å²) in [5.74, 6) is 6.64. The van der Waals surface area contributed by atoms with Crippen LogP contribution in [0.1, 0.15) is 27.8 Å². The Morgan fingerprint density at radius 3 is 2.61 bits per heavy atom. The molecule has 0 saturated heterocycles. The van der Waals surface area contributed by atoms with Gasteiger partial charge in [-0.05, 0) is 52.8 Å². The van der Waals surface area contributed by atoms with Crippen LogP contribution in [0.25, 0.3) is 10.8 Å². The third-order valence-electron chi connectivity index (χ3n) is 5.82. The number of aromatic hydroxyl groups is 2. The summed E-state index contributed by atoms with van der Waals surface area (Å²) in [6, 6.07) is 23.9.